The maximum atomic E-state index is 12.6. The number of hydrogen-bond donors (Lipinski definition) is 0. The minimum absolute atomic E-state index is 0.121. The third kappa shape index (κ3) is 3.51. The number of ether oxygens (including phenoxy) is 2. The summed E-state index contributed by atoms with van der Waals surface area (Å²) in [6, 6.07) is 0. The molecule has 1 aliphatic heterocycles. The van der Waals surface area contributed by atoms with Gasteiger partial charge in [0.15, 0.2) is 0 Å². The molecule has 1 fully saturated rings. The maximum Gasteiger partial charge on any atom is 0.305 e. The molecule has 1 rings (SSSR count). The van der Waals surface area contributed by atoms with Crippen LogP contribution in [-0.2, 0) is 19.7 Å². The minimum Gasteiger partial charge on any atom is -0.382 e. The van der Waals surface area contributed by atoms with E-state index in [1.165, 1.54) is 7.11 Å². The Balaban J connectivity index is 2.70. The van der Waals surface area contributed by atoms with E-state index in [1.54, 1.807) is 0 Å². The molecule has 1 saturated heterocycles. The Morgan fingerprint density at radius 3 is 2.64 bits per heavy atom. The third-order valence-electron chi connectivity index (χ3n) is 2.28. The molecule has 0 N–H and O–H groups in total. The Labute approximate surface area is 83.6 Å². The van der Waals surface area contributed by atoms with Gasteiger partial charge in [-0.15, -0.1) is 3.89 Å². The molecule has 1 atom stereocenters. The molecule has 0 aliphatic carbocycles. The van der Waals surface area contributed by atoms with Crippen LogP contribution in [0.2, 0.25) is 0 Å². The highest BCUT2D eigenvalue weighted by atomic mass is 32.3. The first kappa shape index (κ1) is 11.9. The van der Waals surface area contributed by atoms with Crippen LogP contribution in [0.1, 0.15) is 19.3 Å². The van der Waals surface area contributed by atoms with Gasteiger partial charge in [-0.05, 0) is 19.3 Å². The average Bonchev–Trinajstić information content (AvgIpc) is 2.02. The van der Waals surface area contributed by atoms with E-state index in [-0.39, 0.29) is 6.61 Å². The molecule has 0 radical (unpaired) electrons. The van der Waals surface area contributed by atoms with E-state index in [0.29, 0.717) is 13.0 Å². The second-order valence-electron chi connectivity index (χ2n) is 3.60. The second-order valence-corrected chi connectivity index (χ2v) is 4.97. The quantitative estimate of drug-likeness (QED) is 0.667. The van der Waals surface area contributed by atoms with E-state index in [2.05, 4.69) is 0 Å². The molecule has 0 bridgehead atoms. The highest BCUT2D eigenvalue weighted by molar-refractivity contribution is 7.86. The van der Waals surface area contributed by atoms with Crippen molar-refractivity contribution < 1.29 is 21.8 Å². The summed E-state index contributed by atoms with van der Waals surface area (Å²) in [6.45, 7) is 0.592. The number of methoxy groups -OCH3 is 1. The van der Waals surface area contributed by atoms with Gasteiger partial charge >= 0.3 is 10.2 Å². The molecule has 14 heavy (non-hydrogen) atoms. The second kappa shape index (κ2) is 4.55. The van der Waals surface area contributed by atoms with Crippen LogP contribution in [0.5, 0.6) is 0 Å². The first-order valence-electron chi connectivity index (χ1n) is 4.53. The smallest absolute Gasteiger partial charge is 0.305 e. The highest BCUT2D eigenvalue weighted by Crippen LogP contribution is 2.27. The molecule has 84 valence electrons. The summed E-state index contributed by atoms with van der Waals surface area (Å²) in [5, 5.41) is 0. The largest absolute Gasteiger partial charge is 0.382 e. The molecule has 6 heteroatoms. The van der Waals surface area contributed by atoms with E-state index in [0.717, 1.165) is 12.8 Å². The summed E-state index contributed by atoms with van der Waals surface area (Å²) in [5.41, 5.74) is -0.972. The van der Waals surface area contributed by atoms with Gasteiger partial charge in [0, 0.05) is 13.7 Å². The molecular weight excluding hydrogens is 211 g/mol. The number of hydrogen-bond acceptors (Lipinski definition) is 4. The van der Waals surface area contributed by atoms with Crippen molar-refractivity contribution in [3.63, 3.8) is 0 Å². The van der Waals surface area contributed by atoms with E-state index < -0.39 is 21.6 Å². The van der Waals surface area contributed by atoms with Gasteiger partial charge in [0.25, 0.3) is 0 Å². The molecule has 0 aromatic rings. The zero-order valence-corrected chi connectivity index (χ0v) is 8.98. The molecule has 1 aliphatic rings. The molecule has 4 nitrogen and oxygen atoms in total. The Kier molecular flexibility index (Phi) is 3.86. The van der Waals surface area contributed by atoms with Crippen molar-refractivity contribution >= 4 is 10.2 Å². The zero-order chi connectivity index (χ0) is 10.7. The highest BCUT2D eigenvalue weighted by Gasteiger charge is 2.38. The summed E-state index contributed by atoms with van der Waals surface area (Å²) in [4.78, 5) is 0. The Bertz CT molecular complexity index is 264. The van der Waals surface area contributed by atoms with Crippen LogP contribution in [0.4, 0.5) is 3.89 Å². The molecule has 1 heterocycles. The summed E-state index contributed by atoms with van der Waals surface area (Å²) in [7, 11) is -3.06. The monoisotopic (exact) mass is 226 g/mol. The van der Waals surface area contributed by atoms with Crippen LogP contribution in [0, 0.1) is 0 Å². The predicted molar refractivity (Wildman–Crippen MR) is 49.3 cm³/mol. The summed E-state index contributed by atoms with van der Waals surface area (Å²) in [6.07, 6.45) is 2.26. The standard InChI is InChI=1S/C8H15FO4S/c1-12-6-8(7-14(9,10)11)4-2-3-5-13-8/h2-7H2,1H3. The van der Waals surface area contributed by atoms with Crippen molar-refractivity contribution in [2.24, 2.45) is 0 Å². The Hall–Kier alpha value is -0.200. The fraction of sp³-hybridized carbons (Fsp3) is 1.00. The molecule has 0 spiro atoms. The van der Waals surface area contributed by atoms with Crippen LogP contribution in [0.3, 0.4) is 0 Å². The Morgan fingerprint density at radius 2 is 2.21 bits per heavy atom. The van der Waals surface area contributed by atoms with Gasteiger partial charge < -0.3 is 9.47 Å². The predicted octanol–water partition coefficient (Wildman–Crippen LogP) is 0.871. The van der Waals surface area contributed by atoms with Crippen molar-refractivity contribution in [3.05, 3.63) is 0 Å². The van der Waals surface area contributed by atoms with Crippen LogP contribution < -0.4 is 0 Å². The third-order valence-corrected chi connectivity index (χ3v) is 3.15. The molecule has 1 unspecified atom stereocenters. The van der Waals surface area contributed by atoms with E-state index in [1.807, 2.05) is 0 Å². The molecule has 0 aromatic carbocycles. The molecule has 0 saturated carbocycles. The van der Waals surface area contributed by atoms with Gasteiger partial charge in [-0.3, -0.25) is 0 Å². The summed E-state index contributed by atoms with van der Waals surface area (Å²) in [5.74, 6) is -0.603. The van der Waals surface area contributed by atoms with Gasteiger partial charge in [-0.2, -0.15) is 8.42 Å². The summed E-state index contributed by atoms with van der Waals surface area (Å²) >= 11 is 0. The van der Waals surface area contributed by atoms with Crippen molar-refractivity contribution in [1.29, 1.82) is 0 Å². The van der Waals surface area contributed by atoms with Crippen molar-refractivity contribution in [2.75, 3.05) is 26.1 Å². The van der Waals surface area contributed by atoms with Crippen LogP contribution in [0.25, 0.3) is 0 Å². The van der Waals surface area contributed by atoms with Gasteiger partial charge in [0.05, 0.1) is 6.61 Å². The molecular formula is C8H15FO4S. The maximum absolute atomic E-state index is 12.6. The van der Waals surface area contributed by atoms with Gasteiger partial charge in [-0.25, -0.2) is 0 Å². The lowest BCUT2D eigenvalue weighted by Crippen LogP contribution is -2.45. The first-order valence-corrected chi connectivity index (χ1v) is 6.08. The van der Waals surface area contributed by atoms with Gasteiger partial charge in [0.2, 0.25) is 0 Å². The topological polar surface area (TPSA) is 52.6 Å². The van der Waals surface area contributed by atoms with E-state index in [9.17, 15) is 12.3 Å². The normalized spacial score (nSPS) is 29.0. The van der Waals surface area contributed by atoms with Crippen molar-refractivity contribution in [3.8, 4) is 0 Å². The lowest BCUT2D eigenvalue weighted by Gasteiger charge is -2.35. The fourth-order valence-electron chi connectivity index (χ4n) is 1.76. The van der Waals surface area contributed by atoms with Crippen molar-refractivity contribution in [2.45, 2.75) is 24.9 Å². The van der Waals surface area contributed by atoms with Gasteiger partial charge in [-0.1, -0.05) is 0 Å². The summed E-state index contributed by atoms with van der Waals surface area (Å²) < 4.78 is 43.9. The fourth-order valence-corrected chi connectivity index (χ4v) is 2.70. The number of halogens is 1. The molecule has 0 amide bonds. The number of rotatable bonds is 4. The van der Waals surface area contributed by atoms with Gasteiger partial charge in [0.1, 0.15) is 11.4 Å². The average molecular weight is 226 g/mol. The van der Waals surface area contributed by atoms with Crippen molar-refractivity contribution in [1.82, 2.24) is 0 Å². The van der Waals surface area contributed by atoms with Crippen LogP contribution >= 0.6 is 0 Å². The van der Waals surface area contributed by atoms with Crippen LogP contribution in [0.15, 0.2) is 0 Å². The van der Waals surface area contributed by atoms with E-state index >= 15 is 0 Å². The minimum atomic E-state index is -4.51. The lowest BCUT2D eigenvalue weighted by molar-refractivity contribution is -0.101. The zero-order valence-electron chi connectivity index (χ0n) is 8.16. The molecule has 0 aromatic heterocycles. The Morgan fingerprint density at radius 1 is 1.50 bits per heavy atom. The van der Waals surface area contributed by atoms with E-state index in [4.69, 9.17) is 9.47 Å². The lowest BCUT2D eigenvalue weighted by atomic mass is 9.97. The van der Waals surface area contributed by atoms with Crippen LogP contribution in [-0.4, -0.2) is 40.1 Å². The first-order chi connectivity index (χ1) is 6.47. The SMILES string of the molecule is COCC1(CS(=O)(=O)F)CCCCO1.